The molecule has 180 valence electrons. The number of halogens is 1. The highest BCUT2D eigenvalue weighted by atomic mass is 79.9. The van der Waals surface area contributed by atoms with E-state index in [-0.39, 0.29) is 5.92 Å². The predicted molar refractivity (Wildman–Crippen MR) is 145 cm³/mol. The molecule has 0 amide bonds. The average molecular weight is 552 g/mol. The van der Waals surface area contributed by atoms with Crippen LogP contribution in [0.4, 0.5) is 0 Å². The third-order valence-corrected chi connectivity index (χ3v) is 6.70. The molecule has 0 atom stereocenters. The molecule has 1 aromatic heterocycles. The van der Waals surface area contributed by atoms with Crippen LogP contribution < -0.4 is 9.47 Å². The molecule has 0 spiro atoms. The molecule has 35 heavy (non-hydrogen) atoms. The lowest BCUT2D eigenvalue weighted by molar-refractivity contribution is 0.284. The first-order valence-corrected chi connectivity index (χ1v) is 13.0. The van der Waals surface area contributed by atoms with E-state index in [1.807, 2.05) is 65.3 Å². The second-order valence-corrected chi connectivity index (χ2v) is 10.0. The van der Waals surface area contributed by atoms with Gasteiger partial charge in [0.2, 0.25) is 5.16 Å². The maximum atomic E-state index is 5.97. The summed E-state index contributed by atoms with van der Waals surface area (Å²) in [5.41, 5.74) is 3.20. The molecule has 0 aliphatic heterocycles. The van der Waals surface area contributed by atoms with Crippen LogP contribution in [0.2, 0.25) is 0 Å². The Morgan fingerprint density at radius 1 is 0.971 bits per heavy atom. The maximum Gasteiger partial charge on any atom is 0.212 e. The summed E-state index contributed by atoms with van der Waals surface area (Å²) in [6, 6.07) is 24.1. The van der Waals surface area contributed by atoms with E-state index in [2.05, 4.69) is 52.1 Å². The highest BCUT2D eigenvalue weighted by Gasteiger charge is 2.15. The van der Waals surface area contributed by atoms with Gasteiger partial charge in [0.05, 0.1) is 13.3 Å². The zero-order chi connectivity index (χ0) is 24.6. The Morgan fingerprint density at radius 2 is 1.74 bits per heavy atom. The Kier molecular flexibility index (Phi) is 8.60. The van der Waals surface area contributed by atoms with Crippen molar-refractivity contribution in [2.75, 3.05) is 7.11 Å². The lowest BCUT2D eigenvalue weighted by Gasteiger charge is -2.11. The average Bonchev–Trinajstić information content (AvgIpc) is 3.29. The Morgan fingerprint density at radius 3 is 2.46 bits per heavy atom. The number of rotatable bonds is 10. The van der Waals surface area contributed by atoms with Gasteiger partial charge in [0.1, 0.15) is 6.61 Å². The van der Waals surface area contributed by atoms with Crippen LogP contribution in [-0.4, -0.2) is 28.2 Å². The summed E-state index contributed by atoms with van der Waals surface area (Å²) in [7, 11) is 1.64. The van der Waals surface area contributed by atoms with Crippen LogP contribution in [0.15, 0.2) is 87.5 Å². The first-order valence-electron chi connectivity index (χ1n) is 11.2. The molecule has 0 saturated carbocycles. The van der Waals surface area contributed by atoms with Crippen molar-refractivity contribution in [1.29, 1.82) is 0 Å². The highest BCUT2D eigenvalue weighted by Crippen LogP contribution is 2.29. The fourth-order valence-electron chi connectivity index (χ4n) is 3.31. The van der Waals surface area contributed by atoms with Gasteiger partial charge in [-0.3, -0.25) is 0 Å². The van der Waals surface area contributed by atoms with E-state index in [0.29, 0.717) is 18.1 Å². The molecule has 1 heterocycles. The van der Waals surface area contributed by atoms with Crippen LogP contribution in [0.5, 0.6) is 11.5 Å². The van der Waals surface area contributed by atoms with E-state index in [1.54, 1.807) is 25.1 Å². The molecule has 0 unspecified atom stereocenters. The SMILES string of the molecule is COc1cc(/C=N/n2c(SCc3ccc(Br)cc3)nnc2C(C)C)ccc1OCc1ccccc1. The molecule has 8 heteroatoms. The van der Waals surface area contributed by atoms with Gasteiger partial charge >= 0.3 is 0 Å². The van der Waals surface area contributed by atoms with Crippen molar-refractivity contribution in [3.8, 4) is 11.5 Å². The highest BCUT2D eigenvalue weighted by molar-refractivity contribution is 9.10. The van der Waals surface area contributed by atoms with Gasteiger partial charge in [0.25, 0.3) is 0 Å². The summed E-state index contributed by atoms with van der Waals surface area (Å²) in [6.07, 6.45) is 1.79. The molecule has 4 rings (SSSR count). The van der Waals surface area contributed by atoms with Crippen molar-refractivity contribution in [2.45, 2.75) is 37.3 Å². The number of thioether (sulfide) groups is 1. The maximum absolute atomic E-state index is 5.97. The fraction of sp³-hybridized carbons (Fsp3) is 0.222. The van der Waals surface area contributed by atoms with Crippen LogP contribution in [0.3, 0.4) is 0 Å². The van der Waals surface area contributed by atoms with Crippen molar-refractivity contribution in [2.24, 2.45) is 5.10 Å². The third-order valence-electron chi connectivity index (χ3n) is 5.18. The van der Waals surface area contributed by atoms with Crippen molar-refractivity contribution in [3.63, 3.8) is 0 Å². The molecular weight excluding hydrogens is 524 g/mol. The molecule has 0 fully saturated rings. The van der Waals surface area contributed by atoms with Crippen molar-refractivity contribution in [3.05, 3.63) is 99.8 Å². The van der Waals surface area contributed by atoms with Gasteiger partial charge in [-0.05, 0) is 47.0 Å². The lowest BCUT2D eigenvalue weighted by Crippen LogP contribution is -2.02. The largest absolute Gasteiger partial charge is 0.493 e. The molecular formula is C27H27BrN4O2S. The summed E-state index contributed by atoms with van der Waals surface area (Å²) >= 11 is 5.09. The first-order chi connectivity index (χ1) is 17.0. The van der Waals surface area contributed by atoms with Gasteiger partial charge in [0.15, 0.2) is 17.3 Å². The number of nitrogens with zero attached hydrogens (tertiary/aromatic N) is 4. The number of methoxy groups -OCH3 is 1. The van der Waals surface area contributed by atoms with Crippen LogP contribution in [0.1, 0.15) is 42.3 Å². The molecule has 3 aromatic carbocycles. The summed E-state index contributed by atoms with van der Waals surface area (Å²) < 4.78 is 14.4. The normalized spacial score (nSPS) is 11.3. The minimum atomic E-state index is 0.185. The lowest BCUT2D eigenvalue weighted by atomic mass is 10.2. The van der Waals surface area contributed by atoms with Gasteiger partial charge in [-0.1, -0.05) is 84.0 Å². The van der Waals surface area contributed by atoms with Crippen molar-refractivity contribution in [1.82, 2.24) is 14.9 Å². The summed E-state index contributed by atoms with van der Waals surface area (Å²) in [5, 5.41) is 14.3. The number of hydrogen-bond donors (Lipinski definition) is 0. The number of hydrogen-bond acceptors (Lipinski definition) is 6. The number of benzene rings is 3. The Balaban J connectivity index is 1.50. The predicted octanol–water partition coefficient (Wildman–Crippen LogP) is 6.93. The minimum absolute atomic E-state index is 0.185. The molecule has 4 aromatic rings. The first kappa shape index (κ1) is 25.0. The third kappa shape index (κ3) is 6.74. The number of aromatic nitrogens is 3. The molecule has 0 N–H and O–H groups in total. The second-order valence-electron chi connectivity index (χ2n) is 8.15. The van der Waals surface area contributed by atoms with Gasteiger partial charge in [-0.25, -0.2) is 0 Å². The van der Waals surface area contributed by atoms with Gasteiger partial charge in [-0.2, -0.15) is 9.78 Å². The molecule has 6 nitrogen and oxygen atoms in total. The van der Waals surface area contributed by atoms with E-state index in [1.165, 1.54) is 5.56 Å². The van der Waals surface area contributed by atoms with E-state index in [9.17, 15) is 0 Å². The molecule has 0 aliphatic carbocycles. The molecule has 0 radical (unpaired) electrons. The summed E-state index contributed by atoms with van der Waals surface area (Å²) in [6.45, 7) is 4.64. The van der Waals surface area contributed by atoms with E-state index in [4.69, 9.17) is 14.6 Å². The smallest absolute Gasteiger partial charge is 0.212 e. The Hall–Kier alpha value is -3.10. The van der Waals surface area contributed by atoms with Gasteiger partial charge in [0, 0.05) is 16.1 Å². The van der Waals surface area contributed by atoms with Crippen molar-refractivity contribution < 1.29 is 9.47 Å². The van der Waals surface area contributed by atoms with Crippen molar-refractivity contribution >= 4 is 33.9 Å². The zero-order valence-corrected chi connectivity index (χ0v) is 22.3. The van der Waals surface area contributed by atoms with Gasteiger partial charge in [-0.15, -0.1) is 10.2 Å². The van der Waals surface area contributed by atoms with Crippen LogP contribution >= 0.6 is 27.7 Å². The fourth-order valence-corrected chi connectivity index (χ4v) is 4.42. The minimum Gasteiger partial charge on any atom is -0.493 e. The van der Waals surface area contributed by atoms with E-state index >= 15 is 0 Å². The summed E-state index contributed by atoms with van der Waals surface area (Å²) in [5.74, 6) is 3.12. The monoisotopic (exact) mass is 550 g/mol. The quantitative estimate of drug-likeness (QED) is 0.158. The number of ether oxygens (including phenoxy) is 2. The van der Waals surface area contributed by atoms with E-state index in [0.717, 1.165) is 32.3 Å². The summed E-state index contributed by atoms with van der Waals surface area (Å²) in [4.78, 5) is 0. The van der Waals surface area contributed by atoms with Crippen LogP contribution in [0, 0.1) is 0 Å². The Labute approximate surface area is 218 Å². The molecule has 0 aliphatic rings. The van der Waals surface area contributed by atoms with Crippen LogP contribution in [0.25, 0.3) is 0 Å². The van der Waals surface area contributed by atoms with E-state index < -0.39 is 0 Å². The molecule has 0 bridgehead atoms. The topological polar surface area (TPSA) is 61.5 Å². The zero-order valence-electron chi connectivity index (χ0n) is 19.9. The molecule has 0 saturated heterocycles. The Bertz CT molecular complexity index is 1270. The standard InChI is InChI=1S/C27H27BrN4O2S/c1-19(2)26-30-31-27(35-18-21-9-12-23(28)13-10-21)32(26)29-16-22-11-14-24(25(15-22)33-3)34-17-20-7-5-4-6-8-20/h4-16,19H,17-18H2,1-3H3/b29-16+. The van der Waals surface area contributed by atoms with Crippen LogP contribution in [-0.2, 0) is 12.4 Å². The van der Waals surface area contributed by atoms with Gasteiger partial charge < -0.3 is 9.47 Å². The second kappa shape index (κ2) is 12.0.